The van der Waals surface area contributed by atoms with Crippen molar-refractivity contribution in [2.75, 3.05) is 37.6 Å². The van der Waals surface area contributed by atoms with Crippen molar-refractivity contribution < 1.29 is 9.59 Å². The minimum Gasteiger partial charge on any atom is -0.363 e. The summed E-state index contributed by atoms with van der Waals surface area (Å²) in [6, 6.07) is 9.68. The number of benzene rings is 1. The number of anilines is 1. The molecular formula is C25H31N5O2. The van der Waals surface area contributed by atoms with Gasteiger partial charge in [0.2, 0.25) is 5.95 Å². The van der Waals surface area contributed by atoms with E-state index < -0.39 is 0 Å². The summed E-state index contributed by atoms with van der Waals surface area (Å²) in [5, 5.41) is 0. The zero-order chi connectivity index (χ0) is 22.5. The molecule has 32 heavy (non-hydrogen) atoms. The summed E-state index contributed by atoms with van der Waals surface area (Å²) in [7, 11) is 0. The van der Waals surface area contributed by atoms with Gasteiger partial charge in [0.25, 0.3) is 11.8 Å². The van der Waals surface area contributed by atoms with Crippen molar-refractivity contribution >= 4 is 23.3 Å². The van der Waals surface area contributed by atoms with E-state index in [1.807, 2.05) is 31.2 Å². The third-order valence-electron chi connectivity index (χ3n) is 6.15. The molecule has 0 aliphatic carbocycles. The highest BCUT2D eigenvalue weighted by atomic mass is 16.2. The van der Waals surface area contributed by atoms with Gasteiger partial charge in [-0.05, 0) is 25.0 Å². The molecule has 0 bridgehead atoms. The van der Waals surface area contributed by atoms with Crippen LogP contribution < -0.4 is 4.90 Å². The van der Waals surface area contributed by atoms with E-state index in [1.54, 1.807) is 18.5 Å². The molecule has 168 valence electrons. The number of hydrogen-bond acceptors (Lipinski definition) is 6. The lowest BCUT2D eigenvalue weighted by molar-refractivity contribution is -0.137. The fraction of sp³-hybridized carbons (Fsp3) is 0.440. The third kappa shape index (κ3) is 4.52. The van der Waals surface area contributed by atoms with Crippen LogP contribution in [0, 0.1) is 6.92 Å². The highest BCUT2D eigenvalue weighted by molar-refractivity contribution is 6.35. The molecule has 2 aliphatic rings. The van der Waals surface area contributed by atoms with Crippen molar-refractivity contribution in [3.63, 3.8) is 0 Å². The smallest absolute Gasteiger partial charge is 0.277 e. The Bertz CT molecular complexity index is 979. The predicted molar refractivity (Wildman–Crippen MR) is 125 cm³/mol. The van der Waals surface area contributed by atoms with Gasteiger partial charge < -0.3 is 9.80 Å². The maximum atomic E-state index is 13.4. The predicted octanol–water partition coefficient (Wildman–Crippen LogP) is 3.27. The first-order valence-electron chi connectivity index (χ1n) is 11.5. The Morgan fingerprint density at radius 3 is 2.16 bits per heavy atom. The van der Waals surface area contributed by atoms with Crippen molar-refractivity contribution in [2.45, 2.75) is 39.5 Å². The molecule has 7 nitrogen and oxygen atoms in total. The molecule has 2 aromatic rings. The van der Waals surface area contributed by atoms with E-state index in [0.29, 0.717) is 49.9 Å². The molecule has 0 saturated carbocycles. The number of hydrogen-bond donors (Lipinski definition) is 0. The first-order valence-corrected chi connectivity index (χ1v) is 11.5. The largest absolute Gasteiger partial charge is 0.363 e. The van der Waals surface area contributed by atoms with E-state index in [1.165, 1.54) is 4.90 Å². The lowest BCUT2D eigenvalue weighted by Crippen LogP contribution is -2.48. The summed E-state index contributed by atoms with van der Waals surface area (Å²) in [4.78, 5) is 41.2. The van der Waals surface area contributed by atoms with Crippen molar-refractivity contribution in [1.82, 2.24) is 19.8 Å². The van der Waals surface area contributed by atoms with Crippen LogP contribution in [0.3, 0.4) is 0 Å². The number of unbranched alkanes of at least 4 members (excludes halogenated alkanes) is 3. The lowest BCUT2D eigenvalue weighted by atomic mass is 10.0. The minimum atomic E-state index is -0.167. The fourth-order valence-electron chi connectivity index (χ4n) is 4.32. The van der Waals surface area contributed by atoms with E-state index in [0.717, 1.165) is 36.8 Å². The average Bonchev–Trinajstić information content (AvgIpc) is 3.07. The number of carbonyl (C=O) groups is 2. The summed E-state index contributed by atoms with van der Waals surface area (Å²) < 4.78 is 0. The quantitative estimate of drug-likeness (QED) is 0.470. The first kappa shape index (κ1) is 22.0. The van der Waals surface area contributed by atoms with Crippen LogP contribution in [0.1, 0.15) is 43.7 Å². The normalized spacial score (nSPS) is 17.0. The number of aryl methyl sites for hydroxylation is 1. The van der Waals surface area contributed by atoms with Gasteiger partial charge in [0.05, 0.1) is 5.57 Å². The van der Waals surface area contributed by atoms with Crippen LogP contribution in [-0.4, -0.2) is 64.3 Å². The molecule has 2 aliphatic heterocycles. The van der Waals surface area contributed by atoms with E-state index in [4.69, 9.17) is 0 Å². The van der Waals surface area contributed by atoms with Gasteiger partial charge >= 0.3 is 0 Å². The molecule has 0 atom stereocenters. The van der Waals surface area contributed by atoms with Crippen LogP contribution >= 0.6 is 0 Å². The average molecular weight is 434 g/mol. The van der Waals surface area contributed by atoms with Crippen LogP contribution in [0.2, 0.25) is 0 Å². The second-order valence-corrected chi connectivity index (χ2v) is 8.44. The zero-order valence-corrected chi connectivity index (χ0v) is 19.0. The van der Waals surface area contributed by atoms with E-state index in [2.05, 4.69) is 26.7 Å². The molecular weight excluding hydrogens is 402 g/mol. The topological polar surface area (TPSA) is 69.6 Å². The molecule has 0 N–H and O–H groups in total. The molecule has 4 rings (SSSR count). The van der Waals surface area contributed by atoms with Crippen LogP contribution in [-0.2, 0) is 9.59 Å². The van der Waals surface area contributed by atoms with Crippen LogP contribution in [0.25, 0.3) is 5.57 Å². The highest BCUT2D eigenvalue weighted by Crippen LogP contribution is 2.33. The molecule has 2 amide bonds. The Kier molecular flexibility index (Phi) is 6.83. The summed E-state index contributed by atoms with van der Waals surface area (Å²) >= 11 is 0. The van der Waals surface area contributed by atoms with Gasteiger partial charge in [0, 0.05) is 45.1 Å². The summed E-state index contributed by atoms with van der Waals surface area (Å²) in [5.41, 5.74) is 3.02. The van der Waals surface area contributed by atoms with Crippen LogP contribution in [0.5, 0.6) is 0 Å². The van der Waals surface area contributed by atoms with Gasteiger partial charge in [0.1, 0.15) is 5.70 Å². The standard InChI is InChI=1S/C25H31N5O2/c1-3-4-5-6-14-30-23(31)21(20-10-8-19(2)9-11-20)22(24(30)32)28-15-17-29(18-16-28)25-26-12-7-13-27-25/h7-13H,3-6,14-18H2,1-2H3. The number of aromatic nitrogens is 2. The Morgan fingerprint density at radius 2 is 1.50 bits per heavy atom. The van der Waals surface area contributed by atoms with E-state index >= 15 is 0 Å². The van der Waals surface area contributed by atoms with Crippen molar-refractivity contribution in [3.8, 4) is 0 Å². The fourth-order valence-corrected chi connectivity index (χ4v) is 4.32. The molecule has 0 unspecified atom stereocenters. The Balaban J connectivity index is 1.57. The molecule has 0 radical (unpaired) electrons. The highest BCUT2D eigenvalue weighted by Gasteiger charge is 2.41. The summed E-state index contributed by atoms with van der Waals surface area (Å²) in [6.45, 7) is 7.35. The second-order valence-electron chi connectivity index (χ2n) is 8.44. The number of nitrogens with zero attached hydrogens (tertiary/aromatic N) is 5. The third-order valence-corrected chi connectivity index (χ3v) is 6.15. The molecule has 7 heteroatoms. The molecule has 0 spiro atoms. The van der Waals surface area contributed by atoms with Gasteiger partial charge in [-0.2, -0.15) is 0 Å². The molecule has 1 saturated heterocycles. The van der Waals surface area contributed by atoms with Gasteiger partial charge in [0.15, 0.2) is 0 Å². The Labute approximate surface area is 189 Å². The summed E-state index contributed by atoms with van der Waals surface area (Å²) in [6.07, 6.45) is 7.59. The van der Waals surface area contributed by atoms with Crippen molar-refractivity contribution in [2.24, 2.45) is 0 Å². The van der Waals surface area contributed by atoms with Gasteiger partial charge in [-0.15, -0.1) is 0 Å². The zero-order valence-electron chi connectivity index (χ0n) is 19.0. The Morgan fingerprint density at radius 1 is 0.844 bits per heavy atom. The maximum Gasteiger partial charge on any atom is 0.277 e. The van der Waals surface area contributed by atoms with E-state index in [-0.39, 0.29) is 11.8 Å². The second kappa shape index (κ2) is 9.94. The number of amides is 2. The summed E-state index contributed by atoms with van der Waals surface area (Å²) in [5.74, 6) is 0.372. The molecule has 3 heterocycles. The SMILES string of the molecule is CCCCCCN1C(=O)C(c2ccc(C)cc2)=C(N2CCN(c3ncccn3)CC2)C1=O. The maximum absolute atomic E-state index is 13.4. The molecule has 1 aromatic heterocycles. The van der Waals surface area contributed by atoms with Crippen LogP contribution in [0.15, 0.2) is 48.4 Å². The van der Waals surface area contributed by atoms with Gasteiger partial charge in [-0.1, -0.05) is 56.0 Å². The lowest BCUT2D eigenvalue weighted by Gasteiger charge is -2.36. The van der Waals surface area contributed by atoms with Crippen LogP contribution in [0.4, 0.5) is 5.95 Å². The van der Waals surface area contributed by atoms with E-state index in [9.17, 15) is 9.59 Å². The molecule has 1 fully saturated rings. The first-order chi connectivity index (χ1) is 15.6. The number of imide groups is 1. The minimum absolute atomic E-state index is 0.161. The number of rotatable bonds is 8. The van der Waals surface area contributed by atoms with Gasteiger partial charge in [-0.3, -0.25) is 14.5 Å². The number of carbonyl (C=O) groups excluding carboxylic acids is 2. The van der Waals surface area contributed by atoms with Gasteiger partial charge in [-0.25, -0.2) is 9.97 Å². The number of piperazine rings is 1. The van der Waals surface area contributed by atoms with Crippen molar-refractivity contribution in [1.29, 1.82) is 0 Å². The monoisotopic (exact) mass is 433 g/mol. The Hall–Kier alpha value is -3.22. The van der Waals surface area contributed by atoms with Crippen molar-refractivity contribution in [3.05, 3.63) is 59.5 Å². The molecule has 1 aromatic carbocycles.